The number of carbonyl (C=O) groups excluding carboxylic acids is 1. The predicted octanol–water partition coefficient (Wildman–Crippen LogP) is 2.73. The molecule has 2 N–H and O–H groups in total. The van der Waals surface area contributed by atoms with Crippen LogP contribution < -0.4 is 27.3 Å². The summed E-state index contributed by atoms with van der Waals surface area (Å²) in [7, 11) is 0. The summed E-state index contributed by atoms with van der Waals surface area (Å²) in [6.45, 7) is 7.89. The Morgan fingerprint density at radius 1 is 1.03 bits per heavy atom. The number of primary amides is 1. The lowest BCUT2D eigenvalue weighted by atomic mass is 9.64. The standard InChI is InChI=1S/C30H39N3O.BrH/c1-23(2)12-10-11-19-32-20-21-33(24(32)3)28-18-17-27(22-28)30(29(31)34,25-13-6-4-7-14-25)26-15-8-5-9-16-26;/h4-9,13-16,20-21,23,27-28H,10-12,17-19,22H2,1-3H3,(H-,31,34);1H/t27-,28+;/m1./s1. The topological polar surface area (TPSA) is 51.9 Å². The summed E-state index contributed by atoms with van der Waals surface area (Å²) in [4.78, 5) is 13.3. The molecule has 5 heteroatoms. The largest absolute Gasteiger partial charge is 1.00 e. The van der Waals surface area contributed by atoms with Crippen molar-refractivity contribution < 1.29 is 26.3 Å². The molecule has 1 aromatic heterocycles. The van der Waals surface area contributed by atoms with Gasteiger partial charge in [0, 0.05) is 6.92 Å². The summed E-state index contributed by atoms with van der Waals surface area (Å²) in [6, 6.07) is 20.7. The minimum Gasteiger partial charge on any atom is -1.00 e. The van der Waals surface area contributed by atoms with Gasteiger partial charge in [-0.1, -0.05) is 80.9 Å². The van der Waals surface area contributed by atoms with Crippen LogP contribution in [-0.4, -0.2) is 10.5 Å². The highest BCUT2D eigenvalue weighted by Crippen LogP contribution is 2.48. The number of unbranched alkanes of at least 4 members (excludes halogenated alkanes) is 1. The molecule has 1 fully saturated rings. The number of rotatable bonds is 10. The zero-order valence-electron chi connectivity index (χ0n) is 21.4. The fourth-order valence-electron chi connectivity index (χ4n) is 6.10. The number of hydrogen-bond donors (Lipinski definition) is 1. The van der Waals surface area contributed by atoms with Gasteiger partial charge in [-0.05, 0) is 55.1 Å². The second-order valence-electron chi connectivity index (χ2n) is 10.4. The third-order valence-electron chi connectivity index (χ3n) is 7.88. The van der Waals surface area contributed by atoms with E-state index in [9.17, 15) is 4.79 Å². The molecule has 3 aromatic rings. The van der Waals surface area contributed by atoms with Gasteiger partial charge in [-0.25, -0.2) is 9.13 Å². The van der Waals surface area contributed by atoms with E-state index in [4.69, 9.17) is 5.73 Å². The number of benzene rings is 2. The minimum absolute atomic E-state index is 0. The number of hydrogen-bond acceptors (Lipinski definition) is 1. The van der Waals surface area contributed by atoms with Crippen molar-refractivity contribution in [2.45, 2.75) is 77.3 Å². The van der Waals surface area contributed by atoms with E-state index >= 15 is 0 Å². The molecule has 188 valence electrons. The lowest BCUT2D eigenvalue weighted by molar-refractivity contribution is -0.727. The van der Waals surface area contributed by atoms with Crippen molar-refractivity contribution in [3.63, 3.8) is 0 Å². The van der Waals surface area contributed by atoms with E-state index in [1.807, 2.05) is 36.4 Å². The lowest BCUT2D eigenvalue weighted by Crippen LogP contribution is -3.00. The Morgan fingerprint density at radius 2 is 1.63 bits per heavy atom. The first-order valence-electron chi connectivity index (χ1n) is 12.9. The Hall–Kier alpha value is -2.40. The van der Waals surface area contributed by atoms with Crippen LogP contribution in [-0.2, 0) is 16.8 Å². The van der Waals surface area contributed by atoms with Gasteiger partial charge in [0.2, 0.25) is 5.91 Å². The molecule has 2 aromatic carbocycles. The van der Waals surface area contributed by atoms with Gasteiger partial charge < -0.3 is 22.7 Å². The number of imidazole rings is 1. The molecular formula is C30H40BrN3O. The minimum atomic E-state index is -0.814. The zero-order chi connectivity index (χ0) is 24.1. The molecule has 0 radical (unpaired) electrons. The van der Waals surface area contributed by atoms with Gasteiger partial charge in [-0.2, -0.15) is 0 Å². The molecular weight excluding hydrogens is 498 g/mol. The van der Waals surface area contributed by atoms with Crippen LogP contribution in [0, 0.1) is 18.8 Å². The van der Waals surface area contributed by atoms with Crippen LogP contribution >= 0.6 is 0 Å². The molecule has 4 rings (SSSR count). The van der Waals surface area contributed by atoms with Crippen LogP contribution in [0.3, 0.4) is 0 Å². The molecule has 0 spiro atoms. The number of halogens is 1. The lowest BCUT2D eigenvalue weighted by Gasteiger charge is -2.37. The first-order valence-corrected chi connectivity index (χ1v) is 12.9. The van der Waals surface area contributed by atoms with Crippen molar-refractivity contribution in [3.05, 3.63) is 90.0 Å². The quantitative estimate of drug-likeness (QED) is 0.313. The number of amides is 1. The van der Waals surface area contributed by atoms with Crippen LogP contribution in [0.2, 0.25) is 0 Å². The highest BCUT2D eigenvalue weighted by molar-refractivity contribution is 5.91. The van der Waals surface area contributed by atoms with Gasteiger partial charge in [0.15, 0.2) is 0 Å². The predicted molar refractivity (Wildman–Crippen MR) is 137 cm³/mol. The number of nitrogens with two attached hydrogens (primary N) is 1. The molecule has 4 nitrogen and oxygen atoms in total. The molecule has 1 aliphatic carbocycles. The smallest absolute Gasteiger partial charge is 0.253 e. The molecule has 1 amide bonds. The van der Waals surface area contributed by atoms with Crippen LogP contribution in [0.5, 0.6) is 0 Å². The fraction of sp³-hybridized carbons (Fsp3) is 0.467. The van der Waals surface area contributed by atoms with Gasteiger partial charge in [0.1, 0.15) is 23.9 Å². The number of aromatic nitrogens is 2. The van der Waals surface area contributed by atoms with E-state index < -0.39 is 5.41 Å². The van der Waals surface area contributed by atoms with Crippen molar-refractivity contribution in [2.24, 2.45) is 17.6 Å². The molecule has 35 heavy (non-hydrogen) atoms. The van der Waals surface area contributed by atoms with E-state index in [-0.39, 0.29) is 28.8 Å². The highest BCUT2D eigenvalue weighted by Gasteiger charge is 2.51. The van der Waals surface area contributed by atoms with Crippen molar-refractivity contribution in [1.82, 2.24) is 4.57 Å². The first kappa shape index (κ1) is 27.2. The number of carbonyl (C=O) groups is 1. The van der Waals surface area contributed by atoms with Gasteiger partial charge >= 0.3 is 0 Å². The third kappa shape index (κ3) is 5.55. The van der Waals surface area contributed by atoms with Crippen molar-refractivity contribution in [1.29, 1.82) is 0 Å². The van der Waals surface area contributed by atoms with Crippen LogP contribution in [0.25, 0.3) is 0 Å². The summed E-state index contributed by atoms with van der Waals surface area (Å²) in [5.74, 6) is 1.98. The Kier molecular flexibility index (Phi) is 9.34. The van der Waals surface area contributed by atoms with E-state index in [1.54, 1.807) is 0 Å². The maximum atomic E-state index is 13.3. The van der Waals surface area contributed by atoms with Crippen LogP contribution in [0.4, 0.5) is 0 Å². The van der Waals surface area contributed by atoms with Gasteiger partial charge in [-0.15, -0.1) is 0 Å². The van der Waals surface area contributed by atoms with Crippen molar-refractivity contribution >= 4 is 5.91 Å². The van der Waals surface area contributed by atoms with Crippen LogP contribution in [0.15, 0.2) is 73.1 Å². The second-order valence-corrected chi connectivity index (χ2v) is 10.4. The average molecular weight is 539 g/mol. The molecule has 1 saturated carbocycles. The van der Waals surface area contributed by atoms with Gasteiger partial charge in [0.05, 0.1) is 6.54 Å². The Balaban J connectivity index is 0.00000342. The van der Waals surface area contributed by atoms with Crippen molar-refractivity contribution in [2.75, 3.05) is 0 Å². The second kappa shape index (κ2) is 12.0. The molecule has 1 aliphatic rings. The van der Waals surface area contributed by atoms with E-state index in [0.717, 1.165) is 42.9 Å². The Labute approximate surface area is 221 Å². The zero-order valence-corrected chi connectivity index (χ0v) is 23.0. The Bertz CT molecular complexity index is 1040. The number of nitrogens with zero attached hydrogens (tertiary/aromatic N) is 2. The van der Waals surface area contributed by atoms with E-state index in [2.05, 4.69) is 66.6 Å². The molecule has 0 unspecified atom stereocenters. The average Bonchev–Trinajstić information content (AvgIpc) is 3.45. The van der Waals surface area contributed by atoms with Gasteiger partial charge in [-0.3, -0.25) is 4.79 Å². The third-order valence-corrected chi connectivity index (χ3v) is 7.88. The van der Waals surface area contributed by atoms with Crippen molar-refractivity contribution in [3.8, 4) is 0 Å². The summed E-state index contributed by atoms with van der Waals surface area (Å²) >= 11 is 0. The maximum absolute atomic E-state index is 13.3. The van der Waals surface area contributed by atoms with E-state index in [1.165, 1.54) is 25.1 Å². The maximum Gasteiger partial charge on any atom is 0.253 e. The molecule has 0 bridgehead atoms. The normalized spacial score (nSPS) is 17.9. The Morgan fingerprint density at radius 3 is 2.17 bits per heavy atom. The van der Waals surface area contributed by atoms with Gasteiger partial charge in [0.25, 0.3) is 5.82 Å². The fourth-order valence-corrected chi connectivity index (χ4v) is 6.10. The summed E-state index contributed by atoms with van der Waals surface area (Å²) in [5, 5.41) is 0. The summed E-state index contributed by atoms with van der Waals surface area (Å²) in [6.07, 6.45) is 11.2. The molecule has 0 aliphatic heterocycles. The number of aryl methyl sites for hydroxylation is 1. The first-order chi connectivity index (χ1) is 16.4. The molecule has 1 heterocycles. The summed E-state index contributed by atoms with van der Waals surface area (Å²) in [5.41, 5.74) is 7.47. The van der Waals surface area contributed by atoms with Crippen LogP contribution in [0.1, 0.15) is 75.4 Å². The van der Waals surface area contributed by atoms with E-state index in [0.29, 0.717) is 6.04 Å². The highest BCUT2D eigenvalue weighted by atomic mass is 79.9. The monoisotopic (exact) mass is 537 g/mol. The molecule has 0 saturated heterocycles. The molecule has 2 atom stereocenters. The SMILES string of the molecule is Cc1n(CCCCC(C)C)cc[n+]1[C@H]1CC[C@@H](C(C(N)=O)(c2ccccc2)c2ccccc2)C1.[Br-]. The summed E-state index contributed by atoms with van der Waals surface area (Å²) < 4.78 is 4.83.